The average Bonchev–Trinajstić information content (AvgIpc) is 2.71. The van der Waals surface area contributed by atoms with Crippen LogP contribution in [0.1, 0.15) is 30.0 Å². The molecule has 0 saturated heterocycles. The van der Waals surface area contributed by atoms with Crippen LogP contribution in [0.15, 0.2) is 54.6 Å². The average molecular weight is 368 g/mol. The molecule has 2 aromatic carbocycles. The number of rotatable bonds is 9. The summed E-state index contributed by atoms with van der Waals surface area (Å²) in [6.45, 7) is 2.53. The normalized spacial score (nSPS) is 12.9. The Morgan fingerprint density at radius 1 is 0.926 bits per heavy atom. The number of hydrogen-bond acceptors (Lipinski definition) is 4. The molecule has 0 spiro atoms. The third kappa shape index (κ3) is 6.84. The highest BCUT2D eigenvalue weighted by Gasteiger charge is 2.19. The fourth-order valence-electron chi connectivity index (χ4n) is 2.62. The molecule has 144 valence electrons. The van der Waals surface area contributed by atoms with Crippen molar-refractivity contribution in [3.05, 3.63) is 71.3 Å². The van der Waals surface area contributed by atoms with Gasteiger partial charge in [-0.1, -0.05) is 54.6 Å². The molecule has 27 heavy (non-hydrogen) atoms. The van der Waals surface area contributed by atoms with Crippen molar-refractivity contribution in [2.24, 2.45) is 11.5 Å². The van der Waals surface area contributed by atoms with Gasteiger partial charge in [-0.2, -0.15) is 0 Å². The molecule has 6 nitrogen and oxygen atoms in total. The molecule has 2 atom stereocenters. The molecular weight excluding hydrogens is 340 g/mol. The monoisotopic (exact) mass is 368 g/mol. The minimum atomic E-state index is -0.649. The Labute approximate surface area is 160 Å². The van der Waals surface area contributed by atoms with E-state index in [1.807, 2.05) is 54.6 Å². The first-order valence-corrected chi connectivity index (χ1v) is 9.15. The van der Waals surface area contributed by atoms with Gasteiger partial charge in [0.1, 0.15) is 6.04 Å². The van der Waals surface area contributed by atoms with Gasteiger partial charge in [-0.25, -0.2) is 0 Å². The number of hydrogen-bond donors (Lipinski definition) is 4. The molecule has 0 bridgehead atoms. The summed E-state index contributed by atoms with van der Waals surface area (Å²) >= 11 is 0. The van der Waals surface area contributed by atoms with Crippen LogP contribution in [0.2, 0.25) is 0 Å². The Kier molecular flexibility index (Phi) is 7.98. The lowest BCUT2D eigenvalue weighted by Gasteiger charge is -2.17. The van der Waals surface area contributed by atoms with Gasteiger partial charge in [-0.05, 0) is 36.5 Å². The Bertz CT molecular complexity index is 732. The highest BCUT2D eigenvalue weighted by Crippen LogP contribution is 2.05. The predicted molar refractivity (Wildman–Crippen MR) is 107 cm³/mol. The van der Waals surface area contributed by atoms with Crippen molar-refractivity contribution in [1.82, 2.24) is 10.6 Å². The van der Waals surface area contributed by atoms with E-state index in [9.17, 15) is 9.59 Å². The number of nitrogens with two attached hydrogens (primary N) is 2. The molecule has 2 amide bonds. The van der Waals surface area contributed by atoms with E-state index in [0.717, 1.165) is 23.1 Å². The fourth-order valence-corrected chi connectivity index (χ4v) is 2.62. The minimum Gasteiger partial charge on any atom is -0.350 e. The minimum absolute atomic E-state index is 0.249. The highest BCUT2D eigenvalue weighted by atomic mass is 16.2. The zero-order chi connectivity index (χ0) is 19.6. The lowest BCUT2D eigenvalue weighted by Crippen LogP contribution is -2.50. The Balaban J connectivity index is 1.74. The molecule has 2 rings (SSSR count). The first kappa shape index (κ1) is 20.6. The zero-order valence-electron chi connectivity index (χ0n) is 15.7. The van der Waals surface area contributed by atoms with Gasteiger partial charge in [0, 0.05) is 13.1 Å². The summed E-state index contributed by atoms with van der Waals surface area (Å²) in [6.07, 6.45) is 1.24. The second-order valence-corrected chi connectivity index (χ2v) is 6.60. The smallest absolute Gasteiger partial charge is 0.242 e. The van der Waals surface area contributed by atoms with Crippen molar-refractivity contribution >= 4 is 11.8 Å². The molecule has 6 heteroatoms. The standard InChI is InChI=1S/C21H28N4O2/c1-15(20(26)24-14-18-9-7-17(13-22)8-10-18)25-21(27)19(23)12-11-16-5-3-2-4-6-16/h2-10,15,19H,11-14,22-23H2,1H3,(H,24,26)(H,25,27)/t15-,19+/m0/s1. The largest absolute Gasteiger partial charge is 0.350 e. The number of amides is 2. The van der Waals surface area contributed by atoms with Crippen LogP contribution in [0.4, 0.5) is 0 Å². The van der Waals surface area contributed by atoms with E-state index in [1.165, 1.54) is 0 Å². The molecule has 0 aliphatic rings. The van der Waals surface area contributed by atoms with Crippen molar-refractivity contribution < 1.29 is 9.59 Å². The summed E-state index contributed by atoms with van der Waals surface area (Å²) < 4.78 is 0. The molecule has 0 unspecified atom stereocenters. The van der Waals surface area contributed by atoms with E-state index in [4.69, 9.17) is 11.5 Å². The second-order valence-electron chi connectivity index (χ2n) is 6.60. The maximum atomic E-state index is 12.2. The van der Waals surface area contributed by atoms with Gasteiger partial charge in [0.15, 0.2) is 0 Å². The third-order valence-electron chi connectivity index (χ3n) is 4.40. The van der Waals surface area contributed by atoms with E-state index in [2.05, 4.69) is 10.6 Å². The molecule has 0 saturated carbocycles. The van der Waals surface area contributed by atoms with Crippen molar-refractivity contribution in [2.45, 2.75) is 44.9 Å². The fraction of sp³-hybridized carbons (Fsp3) is 0.333. The van der Waals surface area contributed by atoms with Crippen molar-refractivity contribution in [3.63, 3.8) is 0 Å². The quantitative estimate of drug-likeness (QED) is 0.533. The van der Waals surface area contributed by atoms with Crippen molar-refractivity contribution in [2.75, 3.05) is 0 Å². The van der Waals surface area contributed by atoms with E-state index in [0.29, 0.717) is 19.5 Å². The SMILES string of the molecule is C[C@H](NC(=O)[C@H](N)CCc1ccccc1)C(=O)NCc1ccc(CN)cc1. The maximum Gasteiger partial charge on any atom is 0.242 e. The van der Waals surface area contributed by atoms with Gasteiger partial charge < -0.3 is 22.1 Å². The van der Waals surface area contributed by atoms with Crippen LogP contribution in [0, 0.1) is 0 Å². The summed E-state index contributed by atoms with van der Waals surface area (Å²) in [7, 11) is 0. The molecule has 0 fully saturated rings. The zero-order valence-corrected chi connectivity index (χ0v) is 15.7. The number of carbonyl (C=O) groups excluding carboxylic acids is 2. The van der Waals surface area contributed by atoms with Gasteiger partial charge in [-0.15, -0.1) is 0 Å². The van der Waals surface area contributed by atoms with Crippen LogP contribution in [-0.4, -0.2) is 23.9 Å². The van der Waals surface area contributed by atoms with Crippen LogP contribution in [0.3, 0.4) is 0 Å². The molecule has 0 radical (unpaired) electrons. The Hall–Kier alpha value is -2.70. The third-order valence-corrected chi connectivity index (χ3v) is 4.40. The Morgan fingerprint density at radius 2 is 1.56 bits per heavy atom. The number of nitrogens with one attached hydrogen (secondary N) is 2. The first-order chi connectivity index (χ1) is 13.0. The van der Waals surface area contributed by atoms with Gasteiger partial charge in [0.25, 0.3) is 0 Å². The summed E-state index contributed by atoms with van der Waals surface area (Å²) in [4.78, 5) is 24.4. The van der Waals surface area contributed by atoms with Crippen LogP contribution in [0.5, 0.6) is 0 Å². The summed E-state index contributed by atoms with van der Waals surface area (Å²) in [6, 6.07) is 16.3. The van der Waals surface area contributed by atoms with Gasteiger partial charge in [0.2, 0.25) is 11.8 Å². The van der Waals surface area contributed by atoms with Crippen LogP contribution in [0.25, 0.3) is 0 Å². The molecule has 0 aromatic heterocycles. The van der Waals surface area contributed by atoms with Gasteiger partial charge in [-0.3, -0.25) is 9.59 Å². The van der Waals surface area contributed by atoms with Crippen LogP contribution < -0.4 is 22.1 Å². The first-order valence-electron chi connectivity index (χ1n) is 9.15. The maximum absolute atomic E-state index is 12.2. The van der Waals surface area contributed by atoms with Gasteiger partial charge in [0.05, 0.1) is 6.04 Å². The molecule has 6 N–H and O–H groups in total. The molecular formula is C21H28N4O2. The Morgan fingerprint density at radius 3 is 2.19 bits per heavy atom. The van der Waals surface area contributed by atoms with Crippen LogP contribution in [-0.2, 0) is 29.1 Å². The van der Waals surface area contributed by atoms with E-state index >= 15 is 0 Å². The molecule has 0 aliphatic heterocycles. The summed E-state index contributed by atoms with van der Waals surface area (Å²) in [5.74, 6) is -0.567. The highest BCUT2D eigenvalue weighted by molar-refractivity contribution is 5.89. The lowest BCUT2D eigenvalue weighted by atomic mass is 10.1. The number of benzene rings is 2. The number of carbonyl (C=O) groups is 2. The molecule has 0 heterocycles. The summed E-state index contributed by atoms with van der Waals surface area (Å²) in [5.41, 5.74) is 14.7. The van der Waals surface area contributed by atoms with E-state index < -0.39 is 12.1 Å². The summed E-state index contributed by atoms with van der Waals surface area (Å²) in [5, 5.41) is 5.49. The molecule has 0 aliphatic carbocycles. The topological polar surface area (TPSA) is 110 Å². The van der Waals surface area contributed by atoms with Crippen LogP contribution >= 0.6 is 0 Å². The van der Waals surface area contributed by atoms with Crippen molar-refractivity contribution in [1.29, 1.82) is 0 Å². The van der Waals surface area contributed by atoms with E-state index in [-0.39, 0.29) is 11.8 Å². The van der Waals surface area contributed by atoms with Gasteiger partial charge >= 0.3 is 0 Å². The number of aryl methyl sites for hydroxylation is 1. The second kappa shape index (κ2) is 10.4. The molecule has 2 aromatic rings. The lowest BCUT2D eigenvalue weighted by molar-refractivity contribution is -0.129. The van der Waals surface area contributed by atoms with E-state index in [1.54, 1.807) is 6.92 Å². The predicted octanol–water partition coefficient (Wildman–Crippen LogP) is 1.23. The van der Waals surface area contributed by atoms with Crippen molar-refractivity contribution in [3.8, 4) is 0 Å².